The molecule has 2 saturated heterocycles. The van der Waals surface area contributed by atoms with Crippen molar-refractivity contribution in [2.24, 2.45) is 0 Å². The summed E-state index contributed by atoms with van der Waals surface area (Å²) in [5, 5.41) is 8.45. The summed E-state index contributed by atoms with van der Waals surface area (Å²) in [6.07, 6.45) is 6.60. The Bertz CT molecular complexity index is 808. The number of fused-ring (bicyclic) bond motifs is 2. The van der Waals surface area contributed by atoms with Gasteiger partial charge in [-0.2, -0.15) is 19.3 Å². The molecule has 0 radical (unpaired) electrons. The molecule has 1 aromatic carbocycles. The van der Waals surface area contributed by atoms with Crippen LogP contribution in [0.1, 0.15) is 31.7 Å². The van der Waals surface area contributed by atoms with Gasteiger partial charge < -0.3 is 4.74 Å². The van der Waals surface area contributed by atoms with Crippen molar-refractivity contribution in [2.75, 3.05) is 7.11 Å². The number of rotatable bonds is 4. The molecule has 8 heteroatoms. The molecular formula is C16H20N4O3S. The maximum Gasteiger partial charge on any atom is 0.247 e. The molecule has 0 N–H and O–H groups in total. The fraction of sp³-hybridized carbons (Fsp3) is 0.500. The van der Waals surface area contributed by atoms with Gasteiger partial charge in [0, 0.05) is 12.1 Å². The van der Waals surface area contributed by atoms with Crippen LogP contribution >= 0.6 is 0 Å². The Morgan fingerprint density at radius 3 is 2.29 bits per heavy atom. The van der Waals surface area contributed by atoms with E-state index in [2.05, 4.69) is 10.2 Å². The summed E-state index contributed by atoms with van der Waals surface area (Å²) in [5.74, 6) is 0.396. The molecule has 2 bridgehead atoms. The number of piperidine rings is 1. The van der Waals surface area contributed by atoms with Crippen LogP contribution in [0.25, 0.3) is 0 Å². The molecule has 1 aromatic heterocycles. The zero-order valence-electron chi connectivity index (χ0n) is 13.4. The zero-order valence-corrected chi connectivity index (χ0v) is 14.3. The van der Waals surface area contributed by atoms with Gasteiger partial charge >= 0.3 is 0 Å². The third-order valence-corrected chi connectivity index (χ3v) is 7.07. The second-order valence-corrected chi connectivity index (χ2v) is 8.16. The second kappa shape index (κ2) is 5.86. The molecule has 0 spiro atoms. The number of para-hydroxylation sites is 1. The molecule has 128 valence electrons. The van der Waals surface area contributed by atoms with E-state index in [1.54, 1.807) is 45.8 Å². The minimum absolute atomic E-state index is 0.00494. The van der Waals surface area contributed by atoms with E-state index in [0.717, 1.165) is 25.7 Å². The van der Waals surface area contributed by atoms with E-state index >= 15 is 0 Å². The normalized spacial score (nSPS) is 27.3. The van der Waals surface area contributed by atoms with Crippen molar-refractivity contribution in [1.29, 1.82) is 0 Å². The summed E-state index contributed by atoms with van der Waals surface area (Å²) in [5.41, 5.74) is 0. The number of sulfonamides is 1. The lowest BCUT2D eigenvalue weighted by Crippen LogP contribution is -2.47. The number of methoxy groups -OCH3 is 1. The highest BCUT2D eigenvalue weighted by Crippen LogP contribution is 2.44. The highest BCUT2D eigenvalue weighted by Gasteiger charge is 2.48. The van der Waals surface area contributed by atoms with Crippen molar-refractivity contribution in [2.45, 2.75) is 48.7 Å². The zero-order chi connectivity index (χ0) is 16.7. The number of benzene rings is 1. The number of aromatic nitrogens is 3. The van der Waals surface area contributed by atoms with E-state index in [0.29, 0.717) is 5.75 Å². The number of nitrogens with zero attached hydrogens (tertiary/aromatic N) is 4. The number of hydrogen-bond donors (Lipinski definition) is 0. The maximum atomic E-state index is 13.2. The fourth-order valence-electron chi connectivity index (χ4n) is 4.05. The molecule has 4 rings (SSSR count). The fourth-order valence-corrected chi connectivity index (χ4v) is 6.10. The third-order valence-electron chi connectivity index (χ3n) is 5.03. The molecule has 3 heterocycles. The van der Waals surface area contributed by atoms with Crippen LogP contribution < -0.4 is 4.74 Å². The Labute approximate surface area is 141 Å². The first-order valence-corrected chi connectivity index (χ1v) is 9.57. The summed E-state index contributed by atoms with van der Waals surface area (Å²) in [4.78, 5) is 1.97. The molecular weight excluding hydrogens is 328 g/mol. The topological polar surface area (TPSA) is 77.3 Å². The van der Waals surface area contributed by atoms with Crippen LogP contribution in [0, 0.1) is 0 Å². The Hall–Kier alpha value is -1.93. The van der Waals surface area contributed by atoms with Crippen molar-refractivity contribution >= 4 is 10.0 Å². The van der Waals surface area contributed by atoms with E-state index < -0.39 is 10.0 Å². The smallest absolute Gasteiger partial charge is 0.247 e. The average Bonchev–Trinajstić information content (AvgIpc) is 3.22. The molecule has 2 aliphatic heterocycles. The molecule has 7 nitrogen and oxygen atoms in total. The van der Waals surface area contributed by atoms with Gasteiger partial charge in [-0.05, 0) is 37.8 Å². The lowest BCUT2D eigenvalue weighted by molar-refractivity contribution is 0.174. The monoisotopic (exact) mass is 348 g/mol. The van der Waals surface area contributed by atoms with E-state index in [1.807, 2.05) is 0 Å². The van der Waals surface area contributed by atoms with Gasteiger partial charge in [-0.1, -0.05) is 12.1 Å². The lowest BCUT2D eigenvalue weighted by Gasteiger charge is -2.37. The van der Waals surface area contributed by atoms with Crippen LogP contribution in [0.4, 0.5) is 0 Å². The Kier molecular flexibility index (Phi) is 3.80. The van der Waals surface area contributed by atoms with Crippen LogP contribution in [0.2, 0.25) is 0 Å². The molecule has 2 aromatic rings. The first kappa shape index (κ1) is 15.6. The van der Waals surface area contributed by atoms with Crippen molar-refractivity contribution in [3.63, 3.8) is 0 Å². The number of hydrogen-bond acceptors (Lipinski definition) is 5. The minimum Gasteiger partial charge on any atom is -0.495 e. The average molecular weight is 348 g/mol. The minimum atomic E-state index is -3.57. The van der Waals surface area contributed by atoms with Gasteiger partial charge in [0.05, 0.1) is 25.5 Å². The summed E-state index contributed by atoms with van der Waals surface area (Å²) in [7, 11) is -2.08. The van der Waals surface area contributed by atoms with Crippen molar-refractivity contribution < 1.29 is 13.2 Å². The Balaban J connectivity index is 1.66. The van der Waals surface area contributed by atoms with E-state index in [1.165, 1.54) is 7.11 Å². The predicted molar refractivity (Wildman–Crippen MR) is 87.1 cm³/mol. The van der Waals surface area contributed by atoms with Gasteiger partial charge in [0.15, 0.2) is 0 Å². The first-order chi connectivity index (χ1) is 11.6. The van der Waals surface area contributed by atoms with Crippen LogP contribution in [0.3, 0.4) is 0 Å². The highest BCUT2D eigenvalue weighted by atomic mass is 32.2. The quantitative estimate of drug-likeness (QED) is 0.843. The SMILES string of the molecule is COc1ccccc1S(=O)(=O)N1C2CCC1CC(n1nccn1)C2. The maximum absolute atomic E-state index is 13.2. The van der Waals surface area contributed by atoms with Gasteiger partial charge in [0.1, 0.15) is 10.6 Å². The van der Waals surface area contributed by atoms with E-state index in [4.69, 9.17) is 4.74 Å². The summed E-state index contributed by atoms with van der Waals surface area (Å²) in [6, 6.07) is 6.98. The standard InChI is InChI=1S/C16H20N4O3S/c1-23-15-4-2-3-5-16(15)24(21,22)19-12-6-7-13(19)11-14(10-12)20-17-8-9-18-20/h2-5,8-9,12-14H,6-7,10-11H2,1H3. The van der Waals surface area contributed by atoms with Crippen molar-refractivity contribution in [3.8, 4) is 5.75 Å². The molecule has 2 fully saturated rings. The van der Waals surface area contributed by atoms with Crippen LogP contribution in [0.15, 0.2) is 41.6 Å². The van der Waals surface area contributed by atoms with Crippen LogP contribution in [-0.4, -0.2) is 46.9 Å². The molecule has 24 heavy (non-hydrogen) atoms. The largest absolute Gasteiger partial charge is 0.495 e. The molecule has 0 aliphatic carbocycles. The number of ether oxygens (including phenoxy) is 1. The Morgan fingerprint density at radius 1 is 1.04 bits per heavy atom. The lowest BCUT2D eigenvalue weighted by atomic mass is 10.0. The summed E-state index contributed by atoms with van der Waals surface area (Å²) in [6.45, 7) is 0. The highest BCUT2D eigenvalue weighted by molar-refractivity contribution is 7.89. The van der Waals surface area contributed by atoms with Gasteiger partial charge in [-0.15, -0.1) is 0 Å². The summed E-state index contributed by atoms with van der Waals surface area (Å²) >= 11 is 0. The van der Waals surface area contributed by atoms with Gasteiger partial charge in [-0.25, -0.2) is 8.42 Å². The summed E-state index contributed by atoms with van der Waals surface area (Å²) < 4.78 is 33.4. The van der Waals surface area contributed by atoms with Crippen molar-refractivity contribution in [1.82, 2.24) is 19.3 Å². The molecule has 2 unspecified atom stereocenters. The predicted octanol–water partition coefficient (Wildman–Crippen LogP) is 1.84. The van der Waals surface area contributed by atoms with Crippen LogP contribution in [-0.2, 0) is 10.0 Å². The Morgan fingerprint density at radius 2 is 1.67 bits per heavy atom. The molecule has 0 saturated carbocycles. The van der Waals surface area contributed by atoms with Gasteiger partial charge in [0.2, 0.25) is 10.0 Å². The second-order valence-electron chi connectivity index (χ2n) is 6.35. The van der Waals surface area contributed by atoms with Gasteiger partial charge in [-0.3, -0.25) is 0 Å². The first-order valence-electron chi connectivity index (χ1n) is 8.13. The van der Waals surface area contributed by atoms with E-state index in [9.17, 15) is 8.42 Å². The third kappa shape index (κ3) is 2.41. The van der Waals surface area contributed by atoms with E-state index in [-0.39, 0.29) is 23.0 Å². The molecule has 0 amide bonds. The van der Waals surface area contributed by atoms with Gasteiger partial charge in [0.25, 0.3) is 0 Å². The van der Waals surface area contributed by atoms with Crippen LogP contribution in [0.5, 0.6) is 5.75 Å². The molecule has 2 atom stereocenters. The molecule has 2 aliphatic rings. The van der Waals surface area contributed by atoms with Crippen molar-refractivity contribution in [3.05, 3.63) is 36.7 Å².